The van der Waals surface area contributed by atoms with Crippen LogP contribution in [0.3, 0.4) is 0 Å². The molecule has 0 fully saturated rings. The molecule has 0 aliphatic carbocycles. The highest BCUT2D eigenvalue weighted by atomic mass is 19.1. The lowest BCUT2D eigenvalue weighted by atomic mass is 9.82. The second-order valence-corrected chi connectivity index (χ2v) is 6.78. The van der Waals surface area contributed by atoms with Crippen molar-refractivity contribution in [1.82, 2.24) is 4.98 Å². The predicted molar refractivity (Wildman–Crippen MR) is 90.4 cm³/mol. The molecule has 25 heavy (non-hydrogen) atoms. The molecular weight excluding hydrogens is 326 g/mol. The first-order chi connectivity index (χ1) is 11.7. The van der Waals surface area contributed by atoms with Crippen LogP contribution in [0.5, 0.6) is 5.75 Å². The molecule has 3 rings (SSSR count). The van der Waals surface area contributed by atoms with E-state index in [4.69, 9.17) is 10.5 Å². The van der Waals surface area contributed by atoms with Gasteiger partial charge in [-0.2, -0.15) is 0 Å². The van der Waals surface area contributed by atoms with Gasteiger partial charge in [0.1, 0.15) is 35.0 Å². The molecule has 1 amide bonds. The standard InChI is InChI=1S/C19H20F2N2O2/c1-4-19(3,21)14-9-13-16(25-10-18(13,2)17(22)24)15(23-14)11-5-7-12(20)8-6-11/h5-9H,4,10H2,1-3H3,(H2,22,24)/t18-,19?/m0/s1. The van der Waals surface area contributed by atoms with Crippen molar-refractivity contribution < 1.29 is 18.3 Å². The zero-order valence-corrected chi connectivity index (χ0v) is 14.4. The summed E-state index contributed by atoms with van der Waals surface area (Å²) in [6.45, 7) is 4.89. The molecule has 2 heterocycles. The Kier molecular flexibility index (Phi) is 4.01. The van der Waals surface area contributed by atoms with Crippen LogP contribution in [-0.2, 0) is 15.9 Å². The van der Waals surface area contributed by atoms with Gasteiger partial charge in [0, 0.05) is 11.1 Å². The number of rotatable bonds is 4. The topological polar surface area (TPSA) is 65.2 Å². The van der Waals surface area contributed by atoms with E-state index in [0.717, 1.165) is 0 Å². The molecule has 2 atom stereocenters. The summed E-state index contributed by atoms with van der Waals surface area (Å²) in [5.74, 6) is -0.544. The van der Waals surface area contributed by atoms with E-state index in [9.17, 15) is 13.6 Å². The van der Waals surface area contributed by atoms with Gasteiger partial charge in [-0.3, -0.25) is 4.79 Å². The van der Waals surface area contributed by atoms with Crippen LogP contribution < -0.4 is 10.5 Å². The number of amides is 1. The Hall–Kier alpha value is -2.50. The van der Waals surface area contributed by atoms with Gasteiger partial charge >= 0.3 is 0 Å². The minimum absolute atomic E-state index is 0.0616. The molecule has 1 aliphatic heterocycles. The van der Waals surface area contributed by atoms with Gasteiger partial charge in [0.2, 0.25) is 5.91 Å². The van der Waals surface area contributed by atoms with E-state index in [1.807, 2.05) is 0 Å². The predicted octanol–water partition coefficient (Wildman–Crippen LogP) is 3.62. The largest absolute Gasteiger partial charge is 0.489 e. The van der Waals surface area contributed by atoms with Crippen molar-refractivity contribution in [3.63, 3.8) is 0 Å². The maximum atomic E-state index is 15.0. The molecule has 1 aromatic heterocycles. The summed E-state index contributed by atoms with van der Waals surface area (Å²) < 4.78 is 33.9. The number of hydrogen-bond donors (Lipinski definition) is 1. The summed E-state index contributed by atoms with van der Waals surface area (Å²) in [5, 5.41) is 0. The third-order valence-electron chi connectivity index (χ3n) is 4.93. The molecule has 0 radical (unpaired) electrons. The number of primary amides is 1. The van der Waals surface area contributed by atoms with Gasteiger partial charge in [-0.15, -0.1) is 0 Å². The van der Waals surface area contributed by atoms with E-state index < -0.39 is 17.0 Å². The first-order valence-corrected chi connectivity index (χ1v) is 8.12. The Bertz CT molecular complexity index is 834. The van der Waals surface area contributed by atoms with Crippen LogP contribution in [0.4, 0.5) is 8.78 Å². The lowest BCUT2D eigenvalue weighted by Crippen LogP contribution is -2.40. The maximum Gasteiger partial charge on any atom is 0.231 e. The van der Waals surface area contributed by atoms with E-state index in [2.05, 4.69) is 4.98 Å². The molecule has 2 N–H and O–H groups in total. The second kappa shape index (κ2) is 5.79. The SMILES string of the molecule is CCC(C)(F)c1cc2c(c(-c3ccc(F)cc3)n1)OC[C@]2(C)C(N)=O. The summed E-state index contributed by atoms with van der Waals surface area (Å²) in [4.78, 5) is 16.4. The molecule has 1 aliphatic rings. The van der Waals surface area contributed by atoms with Crippen LogP contribution in [0.25, 0.3) is 11.3 Å². The van der Waals surface area contributed by atoms with Gasteiger partial charge in [0.15, 0.2) is 0 Å². The van der Waals surface area contributed by atoms with Gasteiger partial charge in [0.05, 0.1) is 5.69 Å². The van der Waals surface area contributed by atoms with Crippen LogP contribution in [0.2, 0.25) is 0 Å². The molecular formula is C19H20F2N2O2. The highest BCUT2D eigenvalue weighted by Gasteiger charge is 2.45. The number of fused-ring (bicyclic) bond motifs is 1. The summed E-state index contributed by atoms with van der Waals surface area (Å²) in [6, 6.07) is 7.25. The summed E-state index contributed by atoms with van der Waals surface area (Å²) in [5.41, 5.74) is 4.51. The third-order valence-corrected chi connectivity index (χ3v) is 4.93. The number of alkyl halides is 1. The van der Waals surface area contributed by atoms with Crippen LogP contribution >= 0.6 is 0 Å². The first-order valence-electron chi connectivity index (χ1n) is 8.12. The molecule has 0 saturated heterocycles. The molecule has 1 aromatic carbocycles. The van der Waals surface area contributed by atoms with Crippen molar-refractivity contribution in [3.8, 4) is 17.0 Å². The van der Waals surface area contributed by atoms with E-state index in [1.165, 1.54) is 19.1 Å². The fraction of sp³-hybridized carbons (Fsp3) is 0.368. The number of benzene rings is 1. The van der Waals surface area contributed by atoms with Gasteiger partial charge in [-0.05, 0) is 50.6 Å². The van der Waals surface area contributed by atoms with Crippen LogP contribution in [0.15, 0.2) is 30.3 Å². The highest BCUT2D eigenvalue weighted by molar-refractivity contribution is 5.90. The number of hydrogen-bond acceptors (Lipinski definition) is 3. The number of pyridine rings is 1. The van der Waals surface area contributed by atoms with Crippen LogP contribution in [0.1, 0.15) is 38.4 Å². The number of ether oxygens (including phenoxy) is 1. The number of nitrogens with two attached hydrogens (primary N) is 1. The Balaban J connectivity index is 2.29. The molecule has 2 aromatic rings. The Labute approximate surface area is 145 Å². The maximum absolute atomic E-state index is 15.0. The van der Waals surface area contributed by atoms with Gasteiger partial charge in [0.25, 0.3) is 0 Å². The van der Waals surface area contributed by atoms with Crippen LogP contribution in [-0.4, -0.2) is 17.5 Å². The van der Waals surface area contributed by atoms with E-state index in [0.29, 0.717) is 22.6 Å². The number of carbonyl (C=O) groups excluding carboxylic acids is 1. The number of halogens is 2. The molecule has 132 valence electrons. The smallest absolute Gasteiger partial charge is 0.231 e. The van der Waals surface area contributed by atoms with Crippen molar-refractivity contribution in [2.24, 2.45) is 5.73 Å². The van der Waals surface area contributed by atoms with Crippen molar-refractivity contribution >= 4 is 5.91 Å². The minimum atomic E-state index is -1.68. The Morgan fingerprint density at radius 2 is 2.04 bits per heavy atom. The molecule has 1 unspecified atom stereocenters. The third kappa shape index (κ3) is 2.75. The van der Waals surface area contributed by atoms with Crippen molar-refractivity contribution in [3.05, 3.63) is 47.4 Å². The zero-order chi connectivity index (χ0) is 18.4. The fourth-order valence-electron chi connectivity index (χ4n) is 2.84. The normalized spacial score (nSPS) is 21.3. The molecule has 6 heteroatoms. The number of aromatic nitrogens is 1. The van der Waals surface area contributed by atoms with E-state index >= 15 is 0 Å². The average Bonchev–Trinajstić information content (AvgIpc) is 2.93. The molecule has 0 bridgehead atoms. The quantitative estimate of drug-likeness (QED) is 0.919. The highest BCUT2D eigenvalue weighted by Crippen LogP contribution is 2.46. The van der Waals surface area contributed by atoms with Crippen molar-refractivity contribution in [2.75, 3.05) is 6.61 Å². The number of nitrogens with zero attached hydrogens (tertiary/aromatic N) is 1. The summed E-state index contributed by atoms with van der Waals surface area (Å²) >= 11 is 0. The van der Waals surface area contributed by atoms with Crippen molar-refractivity contribution in [1.29, 1.82) is 0 Å². The van der Waals surface area contributed by atoms with Gasteiger partial charge in [-0.1, -0.05) is 6.92 Å². The Morgan fingerprint density at radius 1 is 1.40 bits per heavy atom. The lowest BCUT2D eigenvalue weighted by Gasteiger charge is -2.23. The van der Waals surface area contributed by atoms with Gasteiger partial charge < -0.3 is 10.5 Å². The fourth-order valence-corrected chi connectivity index (χ4v) is 2.84. The zero-order valence-electron chi connectivity index (χ0n) is 14.4. The Morgan fingerprint density at radius 3 is 2.60 bits per heavy atom. The van der Waals surface area contributed by atoms with Gasteiger partial charge in [-0.25, -0.2) is 13.8 Å². The summed E-state index contributed by atoms with van der Waals surface area (Å²) in [7, 11) is 0. The molecule has 0 saturated carbocycles. The first kappa shape index (κ1) is 17.3. The second-order valence-electron chi connectivity index (χ2n) is 6.78. The lowest BCUT2D eigenvalue weighted by molar-refractivity contribution is -0.123. The summed E-state index contributed by atoms with van der Waals surface area (Å²) in [6.07, 6.45) is 0.218. The molecule has 0 spiro atoms. The average molecular weight is 346 g/mol. The monoisotopic (exact) mass is 346 g/mol. The number of carbonyl (C=O) groups is 1. The van der Waals surface area contributed by atoms with Crippen molar-refractivity contribution in [2.45, 2.75) is 38.3 Å². The minimum Gasteiger partial charge on any atom is -0.489 e. The van der Waals surface area contributed by atoms with E-state index in [-0.39, 0.29) is 24.5 Å². The van der Waals surface area contributed by atoms with Crippen LogP contribution in [0, 0.1) is 5.82 Å². The van der Waals surface area contributed by atoms with E-state index in [1.54, 1.807) is 32.0 Å². The molecule has 4 nitrogen and oxygen atoms in total.